The van der Waals surface area contributed by atoms with E-state index in [2.05, 4.69) is 19.2 Å². The standard InChI is InChI=1S/C14H20ClNO3/c1-10(2)9-19-8-4-7-16-12-6-3-5-11(15)13(12)14(17)18/h3,5-6,10,16H,4,7-9H2,1-2H3,(H,17,18). The van der Waals surface area contributed by atoms with E-state index in [1.165, 1.54) is 0 Å². The zero-order valence-electron chi connectivity index (χ0n) is 11.3. The van der Waals surface area contributed by atoms with Gasteiger partial charge >= 0.3 is 5.97 Å². The number of nitrogens with one attached hydrogen (secondary N) is 1. The highest BCUT2D eigenvalue weighted by Gasteiger charge is 2.13. The number of aromatic carboxylic acids is 1. The highest BCUT2D eigenvalue weighted by atomic mass is 35.5. The predicted octanol–water partition coefficient (Wildman–Crippen LogP) is 3.51. The van der Waals surface area contributed by atoms with Gasteiger partial charge in [0, 0.05) is 19.8 Å². The molecular weight excluding hydrogens is 266 g/mol. The summed E-state index contributed by atoms with van der Waals surface area (Å²) in [6, 6.07) is 5.01. The first-order valence-corrected chi connectivity index (χ1v) is 6.73. The Morgan fingerprint density at radius 3 is 2.84 bits per heavy atom. The van der Waals surface area contributed by atoms with Gasteiger partial charge in [-0.1, -0.05) is 31.5 Å². The minimum atomic E-state index is -1.02. The predicted molar refractivity (Wildman–Crippen MR) is 77.2 cm³/mol. The monoisotopic (exact) mass is 285 g/mol. The molecule has 0 aliphatic heterocycles. The summed E-state index contributed by atoms with van der Waals surface area (Å²) in [6.45, 7) is 6.26. The molecule has 4 nitrogen and oxygen atoms in total. The van der Waals surface area contributed by atoms with E-state index in [9.17, 15) is 4.79 Å². The van der Waals surface area contributed by atoms with E-state index in [1.54, 1.807) is 18.2 Å². The number of ether oxygens (including phenoxy) is 1. The summed E-state index contributed by atoms with van der Waals surface area (Å²) in [5.74, 6) is -0.497. The van der Waals surface area contributed by atoms with E-state index in [-0.39, 0.29) is 10.6 Å². The van der Waals surface area contributed by atoms with Crippen LogP contribution in [0.25, 0.3) is 0 Å². The molecule has 0 fully saturated rings. The van der Waals surface area contributed by atoms with Gasteiger partial charge in [0.2, 0.25) is 0 Å². The van der Waals surface area contributed by atoms with Gasteiger partial charge in [-0.2, -0.15) is 0 Å². The van der Waals surface area contributed by atoms with Crippen LogP contribution in [0.15, 0.2) is 18.2 Å². The zero-order valence-corrected chi connectivity index (χ0v) is 12.0. The minimum Gasteiger partial charge on any atom is -0.478 e. The summed E-state index contributed by atoms with van der Waals surface area (Å²) in [5.41, 5.74) is 0.663. The second kappa shape index (κ2) is 8.02. The van der Waals surface area contributed by atoms with Crippen molar-refractivity contribution in [3.05, 3.63) is 28.8 Å². The van der Waals surface area contributed by atoms with Crippen LogP contribution in [0.2, 0.25) is 5.02 Å². The van der Waals surface area contributed by atoms with Crippen LogP contribution in [0.4, 0.5) is 5.69 Å². The number of hydrogen-bond donors (Lipinski definition) is 2. The third-order valence-corrected chi connectivity index (χ3v) is 2.77. The molecule has 1 rings (SSSR count). The number of benzene rings is 1. The Morgan fingerprint density at radius 1 is 1.47 bits per heavy atom. The van der Waals surface area contributed by atoms with Crippen LogP contribution in [0.3, 0.4) is 0 Å². The summed E-state index contributed by atoms with van der Waals surface area (Å²) in [7, 11) is 0. The first-order chi connectivity index (χ1) is 9.02. The van der Waals surface area contributed by atoms with Crippen molar-refractivity contribution < 1.29 is 14.6 Å². The largest absolute Gasteiger partial charge is 0.478 e. The highest BCUT2D eigenvalue weighted by molar-refractivity contribution is 6.34. The quantitative estimate of drug-likeness (QED) is 0.718. The highest BCUT2D eigenvalue weighted by Crippen LogP contribution is 2.24. The molecule has 19 heavy (non-hydrogen) atoms. The Labute approximate surface area is 118 Å². The fourth-order valence-corrected chi connectivity index (χ4v) is 1.86. The summed E-state index contributed by atoms with van der Waals surface area (Å²) in [4.78, 5) is 11.1. The van der Waals surface area contributed by atoms with Gasteiger partial charge in [-0.3, -0.25) is 0 Å². The van der Waals surface area contributed by atoms with Crippen molar-refractivity contribution in [3.8, 4) is 0 Å². The molecule has 0 radical (unpaired) electrons. The van der Waals surface area contributed by atoms with Gasteiger partial charge in [-0.25, -0.2) is 4.79 Å². The SMILES string of the molecule is CC(C)COCCCNc1cccc(Cl)c1C(=O)O. The van der Waals surface area contributed by atoms with E-state index in [0.29, 0.717) is 24.8 Å². The number of anilines is 1. The van der Waals surface area contributed by atoms with Gasteiger partial charge in [0.05, 0.1) is 10.7 Å². The molecule has 1 aromatic carbocycles. The molecule has 5 heteroatoms. The Balaban J connectivity index is 2.41. The molecule has 1 aromatic rings. The molecule has 0 bridgehead atoms. The first-order valence-electron chi connectivity index (χ1n) is 6.35. The zero-order chi connectivity index (χ0) is 14.3. The van der Waals surface area contributed by atoms with Crippen molar-refractivity contribution in [1.82, 2.24) is 0 Å². The fraction of sp³-hybridized carbons (Fsp3) is 0.500. The van der Waals surface area contributed by atoms with Gasteiger partial charge < -0.3 is 15.2 Å². The van der Waals surface area contributed by atoms with E-state index >= 15 is 0 Å². The molecule has 0 aromatic heterocycles. The van der Waals surface area contributed by atoms with Crippen molar-refractivity contribution in [2.24, 2.45) is 5.92 Å². The van der Waals surface area contributed by atoms with Crippen molar-refractivity contribution >= 4 is 23.3 Å². The normalized spacial score (nSPS) is 10.7. The summed E-state index contributed by atoms with van der Waals surface area (Å²) >= 11 is 5.88. The van der Waals surface area contributed by atoms with Crippen LogP contribution in [0.5, 0.6) is 0 Å². The lowest BCUT2D eigenvalue weighted by Crippen LogP contribution is -2.11. The van der Waals surface area contributed by atoms with Crippen LogP contribution in [-0.2, 0) is 4.74 Å². The van der Waals surface area contributed by atoms with Gasteiger partial charge in [0.15, 0.2) is 0 Å². The lowest BCUT2D eigenvalue weighted by atomic mass is 10.1. The topological polar surface area (TPSA) is 58.6 Å². The van der Waals surface area contributed by atoms with E-state index < -0.39 is 5.97 Å². The first kappa shape index (κ1) is 15.8. The van der Waals surface area contributed by atoms with Gasteiger partial charge in [-0.05, 0) is 24.5 Å². The van der Waals surface area contributed by atoms with Crippen LogP contribution in [0, 0.1) is 5.92 Å². The van der Waals surface area contributed by atoms with Crippen molar-refractivity contribution in [3.63, 3.8) is 0 Å². The molecule has 0 saturated heterocycles. The van der Waals surface area contributed by atoms with Crippen LogP contribution >= 0.6 is 11.6 Å². The maximum absolute atomic E-state index is 11.1. The second-order valence-corrected chi connectivity index (χ2v) is 5.12. The number of carboxylic acid groups (broad SMARTS) is 1. The van der Waals surface area contributed by atoms with E-state index in [1.807, 2.05) is 0 Å². The molecule has 0 atom stereocenters. The number of hydrogen-bond acceptors (Lipinski definition) is 3. The molecule has 106 valence electrons. The van der Waals surface area contributed by atoms with Crippen LogP contribution < -0.4 is 5.32 Å². The average molecular weight is 286 g/mol. The average Bonchev–Trinajstić information content (AvgIpc) is 2.32. The lowest BCUT2D eigenvalue weighted by Gasteiger charge is -2.11. The third kappa shape index (κ3) is 5.49. The summed E-state index contributed by atoms with van der Waals surface area (Å²) < 4.78 is 5.45. The number of rotatable bonds is 8. The molecule has 0 unspecified atom stereocenters. The minimum absolute atomic E-state index is 0.118. The van der Waals surface area contributed by atoms with Gasteiger partial charge in [0.25, 0.3) is 0 Å². The molecule has 0 aliphatic rings. The lowest BCUT2D eigenvalue weighted by molar-refractivity contribution is 0.0698. The molecule has 2 N–H and O–H groups in total. The number of halogens is 1. The van der Waals surface area contributed by atoms with Gasteiger partial charge in [0.1, 0.15) is 5.56 Å². The fourth-order valence-electron chi connectivity index (χ4n) is 1.61. The summed E-state index contributed by atoms with van der Waals surface area (Å²) in [6.07, 6.45) is 0.818. The maximum Gasteiger partial charge on any atom is 0.339 e. The molecule has 0 heterocycles. The summed E-state index contributed by atoms with van der Waals surface area (Å²) in [5, 5.41) is 12.4. The second-order valence-electron chi connectivity index (χ2n) is 4.72. The smallest absolute Gasteiger partial charge is 0.339 e. The Kier molecular flexibility index (Phi) is 6.67. The Morgan fingerprint density at radius 2 is 2.21 bits per heavy atom. The Hall–Kier alpha value is -1.26. The molecule has 0 saturated carbocycles. The molecule has 0 spiro atoms. The van der Waals surface area contributed by atoms with E-state index in [4.69, 9.17) is 21.4 Å². The van der Waals surface area contributed by atoms with Crippen LogP contribution in [0.1, 0.15) is 30.6 Å². The van der Waals surface area contributed by atoms with Gasteiger partial charge in [-0.15, -0.1) is 0 Å². The molecule has 0 amide bonds. The maximum atomic E-state index is 11.1. The van der Waals surface area contributed by atoms with E-state index in [0.717, 1.165) is 13.0 Å². The third-order valence-electron chi connectivity index (χ3n) is 2.46. The molecular formula is C14H20ClNO3. The van der Waals surface area contributed by atoms with Crippen molar-refractivity contribution in [1.29, 1.82) is 0 Å². The van der Waals surface area contributed by atoms with Crippen molar-refractivity contribution in [2.75, 3.05) is 25.1 Å². The molecule has 0 aliphatic carbocycles. The Bertz CT molecular complexity index is 421. The number of carbonyl (C=O) groups is 1. The number of carboxylic acids is 1. The van der Waals surface area contributed by atoms with Crippen LogP contribution in [-0.4, -0.2) is 30.8 Å². The van der Waals surface area contributed by atoms with Crippen molar-refractivity contribution in [2.45, 2.75) is 20.3 Å².